The summed E-state index contributed by atoms with van der Waals surface area (Å²) in [5.41, 5.74) is 1.96. The molecule has 0 bridgehead atoms. The molecule has 1 aromatic rings. The van der Waals surface area contributed by atoms with Gasteiger partial charge in [-0.15, -0.1) is 11.3 Å². The first-order chi connectivity index (χ1) is 20.6. The molecule has 1 aromatic heterocycles. The van der Waals surface area contributed by atoms with Crippen LogP contribution in [0.15, 0.2) is 10.5 Å². The molecule has 2 atom stereocenters. The number of carbonyl (C=O) groups excluding carboxylic acids is 6. The van der Waals surface area contributed by atoms with Gasteiger partial charge in [0.05, 0.1) is 16.9 Å². The number of β-lactam (4-membered cyclic amide) rings is 1. The lowest BCUT2D eigenvalue weighted by molar-refractivity contribution is -0.236. The van der Waals surface area contributed by atoms with E-state index in [1.54, 1.807) is 48.5 Å². The Kier molecular flexibility index (Phi) is 12.0. The van der Waals surface area contributed by atoms with Gasteiger partial charge in [-0.1, -0.05) is 5.16 Å². The predicted molar refractivity (Wildman–Crippen MR) is 155 cm³/mol. The van der Waals surface area contributed by atoms with E-state index < -0.39 is 90.1 Å². The molecule has 17 nitrogen and oxygen atoms in total. The number of thiazole rings is 1. The first kappa shape index (κ1) is 36.9. The van der Waals surface area contributed by atoms with Crippen molar-refractivity contribution >= 4 is 57.9 Å². The van der Waals surface area contributed by atoms with Crippen molar-refractivity contribution in [1.29, 1.82) is 0 Å². The topological polar surface area (TPSA) is 224 Å². The fourth-order valence-electron chi connectivity index (χ4n) is 3.02. The summed E-state index contributed by atoms with van der Waals surface area (Å²) in [5.74, 6) is -4.59. The van der Waals surface area contributed by atoms with E-state index in [2.05, 4.69) is 15.5 Å². The largest absolute Gasteiger partial charge is 0.427 e. The average molecular weight is 658 g/mol. The molecule has 45 heavy (non-hydrogen) atoms. The van der Waals surface area contributed by atoms with Gasteiger partial charge in [0, 0.05) is 5.38 Å². The number of rotatable bonds is 13. The molecule has 0 unspecified atom stereocenters. The maximum absolute atomic E-state index is 13.2. The van der Waals surface area contributed by atoms with Crippen LogP contribution in [0.3, 0.4) is 0 Å². The van der Waals surface area contributed by atoms with Crippen LogP contribution in [-0.4, -0.2) is 89.3 Å². The number of esters is 4. The molecular formula is C27H39N5O12S. The number of nitrogens with one attached hydrogen (secondary N) is 1. The zero-order chi connectivity index (χ0) is 34.3. The normalized spacial score (nSPS) is 17.1. The third-order valence-corrected chi connectivity index (χ3v) is 6.47. The van der Waals surface area contributed by atoms with Gasteiger partial charge in [0.25, 0.3) is 11.8 Å². The van der Waals surface area contributed by atoms with Crippen molar-refractivity contribution in [1.82, 2.24) is 15.4 Å². The Morgan fingerprint density at radius 1 is 0.933 bits per heavy atom. The van der Waals surface area contributed by atoms with Crippen LogP contribution >= 0.6 is 11.3 Å². The van der Waals surface area contributed by atoms with Gasteiger partial charge in [-0.3, -0.25) is 24.0 Å². The molecular weight excluding hydrogens is 618 g/mol. The van der Waals surface area contributed by atoms with Crippen LogP contribution in [0, 0.1) is 10.8 Å². The molecule has 2 heterocycles. The summed E-state index contributed by atoms with van der Waals surface area (Å²) >= 11 is 1.01. The van der Waals surface area contributed by atoms with Gasteiger partial charge in [0.1, 0.15) is 11.7 Å². The minimum atomic E-state index is -1.74. The van der Waals surface area contributed by atoms with Crippen LogP contribution in [0.2, 0.25) is 0 Å². The highest BCUT2D eigenvalue weighted by Gasteiger charge is 2.48. The van der Waals surface area contributed by atoms with Crippen molar-refractivity contribution in [2.45, 2.75) is 80.0 Å². The number of aromatic nitrogens is 1. The summed E-state index contributed by atoms with van der Waals surface area (Å²) in [6.07, 6.45) is 0. The molecule has 0 aliphatic carbocycles. The summed E-state index contributed by atoms with van der Waals surface area (Å²) in [6.45, 7) is 12.0. The summed E-state index contributed by atoms with van der Waals surface area (Å²) in [5, 5.41) is 8.69. The monoisotopic (exact) mass is 657 g/mol. The Hall–Kier alpha value is -4.32. The van der Waals surface area contributed by atoms with Gasteiger partial charge in [-0.25, -0.2) is 19.6 Å². The molecule has 18 heteroatoms. The smallest absolute Gasteiger partial charge is 0.355 e. The van der Waals surface area contributed by atoms with E-state index in [1.165, 1.54) is 19.2 Å². The second kappa shape index (κ2) is 14.6. The molecule has 250 valence electrons. The molecule has 1 saturated heterocycles. The van der Waals surface area contributed by atoms with E-state index in [0.29, 0.717) is 0 Å². The minimum absolute atomic E-state index is 0.000660. The van der Waals surface area contributed by atoms with Gasteiger partial charge in [0.2, 0.25) is 19.2 Å². The lowest BCUT2D eigenvalue weighted by Gasteiger charge is -2.43. The lowest BCUT2D eigenvalue weighted by atomic mass is 9.97. The SMILES string of the molecule is C[C@H]1[C@H](NC(=O)C(=NOC(C)(C)C(=O)OCOC(=O)C(C)(C)C)c2csc(N)n2)C(=O)N1OCC(=O)OCOC(=O)C(C)(C)C. The van der Waals surface area contributed by atoms with Gasteiger partial charge in [-0.2, -0.15) is 0 Å². The third kappa shape index (κ3) is 10.4. The van der Waals surface area contributed by atoms with Crippen molar-refractivity contribution in [2.24, 2.45) is 16.0 Å². The first-order valence-corrected chi connectivity index (χ1v) is 14.4. The summed E-state index contributed by atoms with van der Waals surface area (Å²) in [4.78, 5) is 88.5. The van der Waals surface area contributed by atoms with Crippen molar-refractivity contribution in [3.8, 4) is 0 Å². The van der Waals surface area contributed by atoms with Gasteiger partial charge in [0.15, 0.2) is 17.5 Å². The molecule has 2 rings (SSSR count). The van der Waals surface area contributed by atoms with Crippen LogP contribution in [0.4, 0.5) is 5.13 Å². The van der Waals surface area contributed by atoms with E-state index in [4.69, 9.17) is 34.4 Å². The van der Waals surface area contributed by atoms with Gasteiger partial charge in [-0.05, 0) is 62.3 Å². The maximum Gasteiger partial charge on any atom is 0.355 e. The Morgan fingerprint density at radius 2 is 1.47 bits per heavy atom. The number of amides is 2. The fourth-order valence-corrected chi connectivity index (χ4v) is 3.57. The third-order valence-electron chi connectivity index (χ3n) is 5.79. The van der Waals surface area contributed by atoms with Crippen molar-refractivity contribution in [2.75, 3.05) is 25.9 Å². The Bertz CT molecular complexity index is 1330. The standard InChI is InChI=1S/C27H39N5O12S/c1-14-17(20(35)32(14)43-10-16(33)39-12-40-21(36)25(2,3)4)30-19(34)18(15-11-45-24(28)29-15)31-44-27(8,9)23(38)42-13-41-22(37)26(5,6)7/h11,14,17H,10,12-13H2,1-9H3,(H2,28,29)(H,30,34)/t14-,17-/m0/s1. The van der Waals surface area contributed by atoms with E-state index in [1.807, 2.05) is 0 Å². The second-order valence-electron chi connectivity index (χ2n) is 12.3. The number of oxime groups is 1. The Labute approximate surface area is 263 Å². The molecule has 2 amide bonds. The van der Waals surface area contributed by atoms with E-state index >= 15 is 0 Å². The lowest BCUT2D eigenvalue weighted by Crippen LogP contribution is -2.70. The number of carbonyl (C=O) groups is 6. The number of nitrogens with two attached hydrogens (primary N) is 1. The Balaban J connectivity index is 1.98. The number of ether oxygens (including phenoxy) is 4. The number of hydrogen-bond acceptors (Lipinski definition) is 16. The summed E-state index contributed by atoms with van der Waals surface area (Å²) in [6, 6.07) is -1.81. The number of nitrogen functional groups attached to an aromatic ring is 1. The molecule has 3 N–H and O–H groups in total. The van der Waals surface area contributed by atoms with Crippen LogP contribution in [0.5, 0.6) is 0 Å². The number of hydrogen-bond donors (Lipinski definition) is 2. The van der Waals surface area contributed by atoms with Crippen molar-refractivity contribution < 1.29 is 57.4 Å². The van der Waals surface area contributed by atoms with E-state index in [9.17, 15) is 28.8 Å². The first-order valence-electron chi connectivity index (χ1n) is 13.6. The van der Waals surface area contributed by atoms with Crippen molar-refractivity contribution in [3.63, 3.8) is 0 Å². The summed E-state index contributed by atoms with van der Waals surface area (Å²) < 4.78 is 19.5. The molecule has 1 aliphatic heterocycles. The highest BCUT2D eigenvalue weighted by Crippen LogP contribution is 2.22. The van der Waals surface area contributed by atoms with E-state index in [0.717, 1.165) is 16.4 Å². The number of anilines is 1. The van der Waals surface area contributed by atoms with Crippen LogP contribution in [-0.2, 0) is 57.4 Å². The molecule has 0 aromatic carbocycles. The molecule has 0 spiro atoms. The molecule has 1 aliphatic rings. The van der Waals surface area contributed by atoms with Crippen LogP contribution in [0.1, 0.15) is 68.0 Å². The molecule has 1 fully saturated rings. The minimum Gasteiger partial charge on any atom is -0.427 e. The highest BCUT2D eigenvalue weighted by molar-refractivity contribution is 7.13. The van der Waals surface area contributed by atoms with Gasteiger partial charge >= 0.3 is 23.9 Å². The zero-order valence-electron chi connectivity index (χ0n) is 26.6. The Morgan fingerprint density at radius 3 is 1.96 bits per heavy atom. The highest BCUT2D eigenvalue weighted by atomic mass is 32.1. The maximum atomic E-state index is 13.2. The molecule has 0 saturated carbocycles. The molecule has 0 radical (unpaired) electrons. The van der Waals surface area contributed by atoms with Gasteiger partial charge < -0.3 is 34.8 Å². The zero-order valence-corrected chi connectivity index (χ0v) is 27.4. The summed E-state index contributed by atoms with van der Waals surface area (Å²) in [7, 11) is 0. The van der Waals surface area contributed by atoms with E-state index in [-0.39, 0.29) is 10.8 Å². The average Bonchev–Trinajstić information content (AvgIpc) is 3.36. The number of hydroxylamine groups is 2. The predicted octanol–water partition coefficient (Wildman–Crippen LogP) is 1.05. The fraction of sp³-hybridized carbons (Fsp3) is 0.630. The van der Waals surface area contributed by atoms with Crippen LogP contribution < -0.4 is 11.1 Å². The quantitative estimate of drug-likeness (QED) is 0.0995. The number of nitrogens with zero attached hydrogens (tertiary/aromatic N) is 3. The second-order valence-corrected chi connectivity index (χ2v) is 13.2. The van der Waals surface area contributed by atoms with Crippen LogP contribution in [0.25, 0.3) is 0 Å². The van der Waals surface area contributed by atoms with Crippen molar-refractivity contribution in [3.05, 3.63) is 11.1 Å².